The van der Waals surface area contributed by atoms with Gasteiger partial charge in [0, 0.05) is 37.7 Å². The summed E-state index contributed by atoms with van der Waals surface area (Å²) in [6.07, 6.45) is 0. The van der Waals surface area contributed by atoms with Gasteiger partial charge in [0.2, 0.25) is 0 Å². The molecule has 0 aromatic rings. The Morgan fingerprint density at radius 1 is 0.750 bits per heavy atom. The summed E-state index contributed by atoms with van der Waals surface area (Å²) in [5.74, 6) is 0. The molecule has 0 spiro atoms. The molecule has 0 aliphatic heterocycles. The zero-order valence-electron chi connectivity index (χ0n) is 1.41. The van der Waals surface area contributed by atoms with Crippen LogP contribution in [0.4, 0.5) is 0 Å². The molecule has 33 valence electrons. The predicted molar refractivity (Wildman–Crippen MR) is 0 cm³/mol. The fourth-order valence-electron chi connectivity index (χ4n) is 0. The van der Waals surface area contributed by atoms with E-state index in [2.05, 4.69) is 0 Å². The van der Waals surface area contributed by atoms with E-state index >= 15 is 0 Å². The molecule has 0 amide bonds. The van der Waals surface area contributed by atoms with E-state index in [1.54, 1.807) is 0 Å². The Bertz CT molecular complexity index is 6.00. The minimum Gasteiger partial charge on any atom is -1.00 e. The van der Waals surface area contributed by atoms with E-state index in [-0.39, 0.29) is 79.6 Å². The van der Waals surface area contributed by atoms with Crippen molar-refractivity contribution in [2.24, 2.45) is 0 Å². The first-order valence-electron chi connectivity index (χ1n) is 0. The van der Waals surface area contributed by atoms with E-state index in [0.29, 0.717) is 0 Å². The summed E-state index contributed by atoms with van der Waals surface area (Å²) in [7, 11) is 0. The zero-order chi connectivity index (χ0) is 0. The smallest absolute Gasteiger partial charge is 1.00 e. The van der Waals surface area contributed by atoms with Gasteiger partial charge >= 0.3 is 17.1 Å². The van der Waals surface area contributed by atoms with Crippen molar-refractivity contribution in [2.75, 3.05) is 0 Å². The predicted octanol–water partition coefficient (Wildman–Crippen LogP) is -5.99. The molecule has 0 nitrogen and oxygen atoms in total. The maximum absolute atomic E-state index is 0. The molecule has 0 bridgehead atoms. The fraction of sp³-hybridized carbons (Fsp3) is 0. The van der Waals surface area contributed by atoms with E-state index in [4.69, 9.17) is 0 Å². The van der Waals surface area contributed by atoms with Crippen molar-refractivity contribution in [1.82, 2.24) is 0 Å². The fourth-order valence-corrected chi connectivity index (χ4v) is 0. The number of hydrogen-bond acceptors (Lipinski definition) is 0. The van der Waals surface area contributed by atoms with Gasteiger partial charge in [0.25, 0.3) is 0 Å². The summed E-state index contributed by atoms with van der Waals surface area (Å²) in [5.41, 5.74) is 0. The summed E-state index contributed by atoms with van der Waals surface area (Å²) < 4.78 is 0. The largest absolute Gasteiger partial charge is 2.00 e. The molecule has 0 heterocycles. The average molecular weight is 174 g/mol. The molecule has 4 heavy (non-hydrogen) atoms. The summed E-state index contributed by atoms with van der Waals surface area (Å²) in [5, 5.41) is 0. The Morgan fingerprint density at radius 3 is 0.750 bits per heavy atom. The molecule has 0 atom stereocenters. The monoisotopic (exact) mass is 173 g/mol. The molecule has 0 saturated carbocycles. The van der Waals surface area contributed by atoms with Crippen molar-refractivity contribution in [3.8, 4) is 0 Å². The summed E-state index contributed by atoms with van der Waals surface area (Å²) in [6, 6.07) is 0. The SMILES string of the molecule is [Ar].[Cl-].[Cl-].[Cu+2]. The molecule has 0 rings (SSSR count). The summed E-state index contributed by atoms with van der Waals surface area (Å²) in [4.78, 5) is 0. The van der Waals surface area contributed by atoms with Crippen LogP contribution in [0.2, 0.25) is 0 Å². The van der Waals surface area contributed by atoms with Crippen LogP contribution in [0.5, 0.6) is 0 Å². The van der Waals surface area contributed by atoms with Crippen LogP contribution in [-0.4, -0.2) is 0 Å². The van der Waals surface area contributed by atoms with Crippen LogP contribution in [0.1, 0.15) is 0 Å². The third-order valence-electron chi connectivity index (χ3n) is 0. The van der Waals surface area contributed by atoms with Crippen LogP contribution >= 0.6 is 0 Å². The Morgan fingerprint density at radius 2 is 0.750 bits per heavy atom. The molecule has 0 saturated heterocycles. The molecule has 0 aliphatic rings. The van der Waals surface area contributed by atoms with Gasteiger partial charge in [-0.2, -0.15) is 0 Å². The molecule has 0 aromatic heterocycles. The Hall–Kier alpha value is 2.36. The van der Waals surface area contributed by atoms with Crippen molar-refractivity contribution < 1.29 is 79.6 Å². The normalized spacial score (nSPS) is 0. The van der Waals surface area contributed by atoms with E-state index in [1.165, 1.54) is 0 Å². The molecule has 0 aliphatic carbocycles. The maximum atomic E-state index is 0. The third-order valence-corrected chi connectivity index (χ3v) is 0. The van der Waals surface area contributed by atoms with Crippen LogP contribution in [0.15, 0.2) is 0 Å². The van der Waals surface area contributed by atoms with Crippen molar-refractivity contribution >= 4 is 0 Å². The van der Waals surface area contributed by atoms with Crippen LogP contribution in [0, 0.1) is 37.7 Å². The van der Waals surface area contributed by atoms with Gasteiger partial charge in [-0.15, -0.1) is 0 Å². The van der Waals surface area contributed by atoms with Gasteiger partial charge in [0.15, 0.2) is 0 Å². The van der Waals surface area contributed by atoms with Crippen molar-refractivity contribution in [1.29, 1.82) is 0 Å². The Balaban J connectivity index is 0. The minimum absolute atomic E-state index is 0. The van der Waals surface area contributed by atoms with Gasteiger partial charge < -0.3 is 24.8 Å². The average Bonchev–Trinajstić information content (AvgIpc) is 0. The van der Waals surface area contributed by atoms with Crippen LogP contribution in [0.25, 0.3) is 0 Å². The van der Waals surface area contributed by atoms with E-state index in [1.807, 2.05) is 0 Å². The summed E-state index contributed by atoms with van der Waals surface area (Å²) >= 11 is 0. The van der Waals surface area contributed by atoms with E-state index in [9.17, 15) is 0 Å². The quantitative estimate of drug-likeness (QED) is 0.321. The van der Waals surface area contributed by atoms with Gasteiger partial charge in [-0.25, -0.2) is 0 Å². The minimum atomic E-state index is 0. The van der Waals surface area contributed by atoms with Gasteiger partial charge in [0.05, 0.1) is 0 Å². The van der Waals surface area contributed by atoms with Gasteiger partial charge in [-0.3, -0.25) is 0 Å². The van der Waals surface area contributed by atoms with Gasteiger partial charge in [0.1, 0.15) is 0 Å². The van der Waals surface area contributed by atoms with Crippen LogP contribution in [-0.2, 0) is 17.1 Å². The van der Waals surface area contributed by atoms with Crippen LogP contribution in [0.3, 0.4) is 0 Å². The van der Waals surface area contributed by atoms with E-state index in [0.717, 1.165) is 0 Å². The maximum Gasteiger partial charge on any atom is 2.00 e. The summed E-state index contributed by atoms with van der Waals surface area (Å²) in [6.45, 7) is 0. The number of hydrogen-bond donors (Lipinski definition) is 0. The molecule has 0 aromatic carbocycles. The Kier molecular flexibility index (Phi) is 150. The third kappa shape index (κ3) is 8.84. The second kappa shape index (κ2) is 18.3. The first-order chi connectivity index (χ1) is 0. The second-order valence-electron chi connectivity index (χ2n) is 0. The first-order valence-corrected chi connectivity index (χ1v) is 0. The molecular formula is ArCl2Cu. The molecule has 0 fully saturated rings. The van der Waals surface area contributed by atoms with Crippen molar-refractivity contribution in [3.05, 3.63) is 0 Å². The standard InChI is InChI=1S/Ar.2ClH.Cu/h;2*1H;/q;;;+2/p-2. The zero-order valence-corrected chi connectivity index (χ0v) is 4.57. The van der Waals surface area contributed by atoms with Crippen LogP contribution < -0.4 is 24.8 Å². The van der Waals surface area contributed by atoms with E-state index < -0.39 is 0 Å². The van der Waals surface area contributed by atoms with Crippen molar-refractivity contribution in [2.45, 2.75) is 0 Å². The van der Waals surface area contributed by atoms with Gasteiger partial charge in [-0.05, 0) is 0 Å². The molecule has 0 unspecified atom stereocenters. The molecular weight excluding hydrogens is 174 g/mol. The first kappa shape index (κ1) is 32.8. The van der Waals surface area contributed by atoms with Crippen molar-refractivity contribution in [3.63, 3.8) is 0 Å². The number of rotatable bonds is 0. The molecule has 1 radical (unpaired) electrons. The topological polar surface area (TPSA) is 0 Å². The number of halogens is 2. The second-order valence-corrected chi connectivity index (χ2v) is 0. The molecule has 0 N–H and O–H groups in total. The molecule has 4 heteroatoms. The van der Waals surface area contributed by atoms with Gasteiger partial charge in [-0.1, -0.05) is 0 Å². The Labute approximate surface area is 78.4 Å².